The number of pyridine rings is 1. The first-order chi connectivity index (χ1) is 8.60. The zero-order valence-corrected chi connectivity index (χ0v) is 12.7. The van der Waals surface area contributed by atoms with Gasteiger partial charge < -0.3 is 4.74 Å². The van der Waals surface area contributed by atoms with Gasteiger partial charge in [0.1, 0.15) is 10.2 Å². The summed E-state index contributed by atoms with van der Waals surface area (Å²) in [6, 6.07) is 1.09. The molecule has 1 N–H and O–H groups in total. The molecule has 0 spiro atoms. The van der Waals surface area contributed by atoms with Gasteiger partial charge in [-0.3, -0.25) is 15.4 Å². The lowest BCUT2D eigenvalue weighted by Gasteiger charge is -2.19. The monoisotopic (exact) mass is 351 g/mol. The van der Waals surface area contributed by atoms with Crippen LogP contribution in [0.2, 0.25) is 5.02 Å². The molecule has 0 unspecified atom stereocenters. The summed E-state index contributed by atoms with van der Waals surface area (Å²) in [5.74, 6) is -0.240. The van der Waals surface area contributed by atoms with Crippen LogP contribution in [0.3, 0.4) is 0 Å². The summed E-state index contributed by atoms with van der Waals surface area (Å²) in [5, 5.41) is 13.1. The molecule has 9 heteroatoms. The molecule has 1 aromatic heterocycles. The van der Waals surface area contributed by atoms with Crippen molar-refractivity contribution >= 4 is 45.1 Å². The summed E-state index contributed by atoms with van der Waals surface area (Å²) in [6.07, 6.45) is -0.836. The highest BCUT2D eigenvalue weighted by atomic mass is 79.9. The van der Waals surface area contributed by atoms with Gasteiger partial charge in [0.15, 0.2) is 0 Å². The molecule has 0 saturated heterocycles. The lowest BCUT2D eigenvalue weighted by Crippen LogP contribution is -2.27. The minimum Gasteiger partial charge on any atom is -0.444 e. The molecule has 7 nitrogen and oxygen atoms in total. The number of amides is 1. The molecule has 19 heavy (non-hydrogen) atoms. The van der Waals surface area contributed by atoms with Gasteiger partial charge in [-0.15, -0.1) is 0 Å². The second-order valence-electron chi connectivity index (χ2n) is 4.51. The number of halogens is 2. The molecule has 0 aliphatic carbocycles. The maximum atomic E-state index is 11.6. The third-order valence-electron chi connectivity index (χ3n) is 1.73. The zero-order chi connectivity index (χ0) is 14.8. The second-order valence-corrected chi connectivity index (χ2v) is 5.67. The Kier molecular flexibility index (Phi) is 4.70. The molecule has 1 amide bonds. The van der Waals surface area contributed by atoms with Crippen LogP contribution in [0.1, 0.15) is 20.8 Å². The number of rotatable bonds is 2. The van der Waals surface area contributed by atoms with E-state index in [0.717, 1.165) is 6.07 Å². The van der Waals surface area contributed by atoms with Crippen LogP contribution in [-0.4, -0.2) is 21.6 Å². The Balaban J connectivity index is 3.03. The molecule has 0 aromatic carbocycles. The molecule has 1 aromatic rings. The molecule has 1 heterocycles. The van der Waals surface area contributed by atoms with Crippen molar-refractivity contribution in [2.75, 3.05) is 5.32 Å². The van der Waals surface area contributed by atoms with E-state index in [0.29, 0.717) is 0 Å². The fourth-order valence-corrected chi connectivity index (χ4v) is 1.53. The number of nitrogens with one attached hydrogen (secondary N) is 1. The van der Waals surface area contributed by atoms with Crippen LogP contribution < -0.4 is 5.32 Å². The van der Waals surface area contributed by atoms with Crippen molar-refractivity contribution in [3.05, 3.63) is 25.8 Å². The Morgan fingerprint density at radius 1 is 1.58 bits per heavy atom. The third kappa shape index (κ3) is 4.64. The van der Waals surface area contributed by atoms with E-state index >= 15 is 0 Å². The first-order valence-electron chi connectivity index (χ1n) is 5.10. The smallest absolute Gasteiger partial charge is 0.413 e. The zero-order valence-electron chi connectivity index (χ0n) is 10.4. The van der Waals surface area contributed by atoms with E-state index in [1.807, 2.05) is 0 Å². The molecule has 0 fully saturated rings. The molecular weight excluding hydrogens is 341 g/mol. The standard InChI is InChI=1S/C10H11BrClN3O4/c1-10(2,3)19-9(16)14-8-6(15(17)18)4-5(12)7(11)13-8/h4H,1-3H3,(H,13,14,16). The fraction of sp³-hybridized carbons (Fsp3) is 0.400. The summed E-state index contributed by atoms with van der Waals surface area (Å²) >= 11 is 8.74. The van der Waals surface area contributed by atoms with Crippen LogP contribution in [0.5, 0.6) is 0 Å². The number of carbonyl (C=O) groups excluding carboxylic acids is 1. The van der Waals surface area contributed by atoms with Crippen molar-refractivity contribution in [2.45, 2.75) is 26.4 Å². The molecule has 0 bridgehead atoms. The normalized spacial score (nSPS) is 11.0. The van der Waals surface area contributed by atoms with E-state index in [2.05, 4.69) is 26.2 Å². The molecule has 0 radical (unpaired) electrons. The average molecular weight is 353 g/mol. The van der Waals surface area contributed by atoms with Gasteiger partial charge in [0.25, 0.3) is 0 Å². The van der Waals surface area contributed by atoms with Gasteiger partial charge in [-0.05, 0) is 36.7 Å². The van der Waals surface area contributed by atoms with Gasteiger partial charge in [0.2, 0.25) is 5.82 Å². The first kappa shape index (κ1) is 15.6. The Hall–Kier alpha value is -1.41. The number of hydrogen-bond donors (Lipinski definition) is 1. The number of carbonyl (C=O) groups is 1. The molecule has 0 aliphatic heterocycles. The quantitative estimate of drug-likeness (QED) is 0.497. The highest BCUT2D eigenvalue weighted by Gasteiger charge is 2.23. The third-order valence-corrected chi connectivity index (χ3v) is 2.85. The first-order valence-corrected chi connectivity index (χ1v) is 6.27. The summed E-state index contributed by atoms with van der Waals surface area (Å²) in [6.45, 7) is 5.02. The number of aromatic nitrogens is 1. The maximum absolute atomic E-state index is 11.6. The Morgan fingerprint density at radius 3 is 2.63 bits per heavy atom. The van der Waals surface area contributed by atoms with Crippen molar-refractivity contribution in [2.24, 2.45) is 0 Å². The highest BCUT2D eigenvalue weighted by molar-refractivity contribution is 9.10. The van der Waals surface area contributed by atoms with E-state index in [9.17, 15) is 14.9 Å². The fourth-order valence-electron chi connectivity index (χ4n) is 1.09. The van der Waals surface area contributed by atoms with Gasteiger partial charge in [-0.25, -0.2) is 9.78 Å². The van der Waals surface area contributed by atoms with Crippen molar-refractivity contribution in [1.82, 2.24) is 4.98 Å². The summed E-state index contributed by atoms with van der Waals surface area (Å²) < 4.78 is 5.17. The van der Waals surface area contributed by atoms with Crippen molar-refractivity contribution in [1.29, 1.82) is 0 Å². The number of nitro groups is 1. The lowest BCUT2D eigenvalue weighted by molar-refractivity contribution is -0.384. The molecular formula is C10H11BrClN3O4. The van der Waals surface area contributed by atoms with Crippen LogP contribution in [0.4, 0.5) is 16.3 Å². The number of ether oxygens (including phenoxy) is 1. The molecule has 0 aliphatic rings. The summed E-state index contributed by atoms with van der Waals surface area (Å²) in [5.41, 5.74) is -1.14. The van der Waals surface area contributed by atoms with E-state index < -0.39 is 22.3 Å². The lowest BCUT2D eigenvalue weighted by atomic mass is 10.2. The Bertz CT molecular complexity index is 530. The minimum absolute atomic E-state index is 0.0708. The van der Waals surface area contributed by atoms with Crippen molar-refractivity contribution in [3.63, 3.8) is 0 Å². The van der Waals surface area contributed by atoms with Gasteiger partial charge in [0.05, 0.1) is 9.95 Å². The van der Waals surface area contributed by atoms with E-state index in [1.165, 1.54) is 0 Å². The van der Waals surface area contributed by atoms with Crippen LogP contribution in [0, 0.1) is 10.1 Å². The van der Waals surface area contributed by atoms with Gasteiger partial charge in [-0.1, -0.05) is 11.6 Å². The minimum atomic E-state index is -0.836. The van der Waals surface area contributed by atoms with E-state index in [-0.39, 0.29) is 15.4 Å². The van der Waals surface area contributed by atoms with Gasteiger partial charge >= 0.3 is 11.8 Å². The van der Waals surface area contributed by atoms with E-state index in [1.54, 1.807) is 20.8 Å². The van der Waals surface area contributed by atoms with Crippen molar-refractivity contribution < 1.29 is 14.5 Å². The van der Waals surface area contributed by atoms with Gasteiger partial charge in [-0.2, -0.15) is 0 Å². The van der Waals surface area contributed by atoms with Crippen LogP contribution in [0.15, 0.2) is 10.7 Å². The molecule has 104 valence electrons. The van der Waals surface area contributed by atoms with Gasteiger partial charge in [0, 0.05) is 6.07 Å². The largest absolute Gasteiger partial charge is 0.444 e. The Labute approximate surface area is 122 Å². The number of nitrogens with zero attached hydrogens (tertiary/aromatic N) is 2. The molecule has 0 atom stereocenters. The average Bonchev–Trinajstić information content (AvgIpc) is 2.19. The summed E-state index contributed by atoms with van der Waals surface area (Å²) in [7, 11) is 0. The highest BCUT2D eigenvalue weighted by Crippen LogP contribution is 2.31. The van der Waals surface area contributed by atoms with Crippen LogP contribution in [0.25, 0.3) is 0 Å². The SMILES string of the molecule is CC(C)(C)OC(=O)Nc1nc(Br)c(Cl)cc1[N+](=O)[O-]. The number of anilines is 1. The van der Waals surface area contributed by atoms with Crippen molar-refractivity contribution in [3.8, 4) is 0 Å². The Morgan fingerprint density at radius 2 is 2.16 bits per heavy atom. The predicted molar refractivity (Wildman–Crippen MR) is 73.5 cm³/mol. The molecule has 0 saturated carbocycles. The number of hydrogen-bond acceptors (Lipinski definition) is 5. The van der Waals surface area contributed by atoms with Crippen LogP contribution >= 0.6 is 27.5 Å². The molecule has 1 rings (SSSR count). The summed E-state index contributed by atoms with van der Waals surface area (Å²) in [4.78, 5) is 25.5. The van der Waals surface area contributed by atoms with E-state index in [4.69, 9.17) is 16.3 Å². The topological polar surface area (TPSA) is 94.4 Å². The second kappa shape index (κ2) is 5.70. The van der Waals surface area contributed by atoms with Crippen LogP contribution in [-0.2, 0) is 4.74 Å². The maximum Gasteiger partial charge on any atom is 0.413 e. The predicted octanol–water partition coefficient (Wildman–Crippen LogP) is 3.75.